The lowest BCUT2D eigenvalue weighted by molar-refractivity contribution is -0.130. The molecule has 3 aliphatic rings. The van der Waals surface area contributed by atoms with E-state index >= 15 is 0 Å². The molecule has 4 atom stereocenters. The SMILES string of the molecule is O=C1[C@@H]2[C@H](Cc3ccc(O)cc3)N[C@]3(C(=O)Nc4ccccc43)[C@@H]2C(=O)N1c1ccccc1. The minimum Gasteiger partial charge on any atom is -0.508 e. The zero-order valence-electron chi connectivity index (χ0n) is 17.6. The Morgan fingerprint density at radius 1 is 0.848 bits per heavy atom. The molecule has 33 heavy (non-hydrogen) atoms. The number of aromatic hydroxyl groups is 1. The molecule has 3 amide bonds. The van der Waals surface area contributed by atoms with Crippen molar-refractivity contribution in [2.75, 3.05) is 10.2 Å². The number of amides is 3. The van der Waals surface area contributed by atoms with E-state index in [1.807, 2.05) is 30.3 Å². The molecule has 3 N–H and O–H groups in total. The molecule has 2 saturated heterocycles. The van der Waals surface area contributed by atoms with Gasteiger partial charge in [-0.15, -0.1) is 0 Å². The molecule has 3 heterocycles. The number of imide groups is 1. The van der Waals surface area contributed by atoms with E-state index in [0.717, 1.165) is 5.56 Å². The Morgan fingerprint density at radius 3 is 2.30 bits per heavy atom. The van der Waals surface area contributed by atoms with Crippen LogP contribution >= 0.6 is 0 Å². The Balaban J connectivity index is 1.49. The number of carbonyl (C=O) groups is 3. The van der Waals surface area contributed by atoms with Crippen LogP contribution in [-0.4, -0.2) is 28.9 Å². The minimum atomic E-state index is -1.32. The van der Waals surface area contributed by atoms with Crippen LogP contribution in [0.4, 0.5) is 11.4 Å². The number of hydrogen-bond acceptors (Lipinski definition) is 5. The highest BCUT2D eigenvalue weighted by Crippen LogP contribution is 2.53. The molecule has 3 aliphatic heterocycles. The summed E-state index contributed by atoms with van der Waals surface area (Å²) in [7, 11) is 0. The minimum absolute atomic E-state index is 0.152. The maximum absolute atomic E-state index is 13.8. The lowest BCUT2D eigenvalue weighted by Crippen LogP contribution is -2.53. The van der Waals surface area contributed by atoms with Gasteiger partial charge in [-0.3, -0.25) is 19.7 Å². The number of nitrogens with one attached hydrogen (secondary N) is 2. The number of carbonyl (C=O) groups excluding carboxylic acids is 3. The van der Waals surface area contributed by atoms with E-state index in [2.05, 4.69) is 10.6 Å². The number of anilines is 2. The molecule has 1 spiro atoms. The summed E-state index contributed by atoms with van der Waals surface area (Å²) in [4.78, 5) is 42.2. The van der Waals surface area contributed by atoms with Crippen LogP contribution in [-0.2, 0) is 26.3 Å². The summed E-state index contributed by atoms with van der Waals surface area (Å²) < 4.78 is 0. The van der Waals surface area contributed by atoms with Crippen molar-refractivity contribution in [2.24, 2.45) is 11.8 Å². The van der Waals surface area contributed by atoms with Crippen molar-refractivity contribution < 1.29 is 19.5 Å². The van der Waals surface area contributed by atoms with E-state index in [1.54, 1.807) is 48.5 Å². The normalized spacial score (nSPS) is 27.7. The number of fused-ring (bicyclic) bond motifs is 4. The molecule has 0 unspecified atom stereocenters. The van der Waals surface area contributed by atoms with Gasteiger partial charge in [-0.05, 0) is 42.3 Å². The van der Waals surface area contributed by atoms with E-state index in [-0.39, 0.29) is 23.5 Å². The predicted molar refractivity (Wildman–Crippen MR) is 121 cm³/mol. The highest BCUT2D eigenvalue weighted by atomic mass is 16.3. The number of hydrogen-bond donors (Lipinski definition) is 3. The Labute approximate surface area is 190 Å². The highest BCUT2D eigenvalue weighted by Gasteiger charge is 2.70. The van der Waals surface area contributed by atoms with Crippen molar-refractivity contribution >= 4 is 29.1 Å². The second kappa shape index (κ2) is 7.02. The smallest absolute Gasteiger partial charge is 0.250 e. The number of rotatable bonds is 3. The van der Waals surface area contributed by atoms with Crippen molar-refractivity contribution in [2.45, 2.75) is 18.0 Å². The molecule has 0 aliphatic carbocycles. The van der Waals surface area contributed by atoms with Crippen LogP contribution in [0, 0.1) is 11.8 Å². The van der Waals surface area contributed by atoms with E-state index in [1.165, 1.54) is 4.90 Å². The monoisotopic (exact) mass is 439 g/mol. The van der Waals surface area contributed by atoms with Gasteiger partial charge in [0.25, 0.3) is 0 Å². The van der Waals surface area contributed by atoms with Crippen molar-refractivity contribution in [1.29, 1.82) is 0 Å². The predicted octanol–water partition coefficient (Wildman–Crippen LogP) is 2.56. The first-order valence-electron chi connectivity index (χ1n) is 10.9. The second-order valence-electron chi connectivity index (χ2n) is 8.78. The van der Waals surface area contributed by atoms with Crippen molar-refractivity contribution in [3.63, 3.8) is 0 Å². The molecule has 164 valence electrons. The highest BCUT2D eigenvalue weighted by molar-refractivity contribution is 6.25. The summed E-state index contributed by atoms with van der Waals surface area (Å²) in [5.41, 5.74) is 1.42. The van der Waals surface area contributed by atoms with Gasteiger partial charge in [0.1, 0.15) is 11.3 Å². The number of benzene rings is 3. The summed E-state index contributed by atoms with van der Waals surface area (Å²) in [6.07, 6.45) is 0.431. The molecule has 2 fully saturated rings. The van der Waals surface area contributed by atoms with Crippen LogP contribution in [0.5, 0.6) is 5.75 Å². The molecule has 0 aromatic heterocycles. The fourth-order valence-corrected chi connectivity index (χ4v) is 5.65. The maximum atomic E-state index is 13.8. The largest absolute Gasteiger partial charge is 0.508 e. The third-order valence-electron chi connectivity index (χ3n) is 7.03. The van der Waals surface area contributed by atoms with Crippen LogP contribution in [0.25, 0.3) is 0 Å². The van der Waals surface area contributed by atoms with Crippen LogP contribution < -0.4 is 15.5 Å². The van der Waals surface area contributed by atoms with E-state index < -0.39 is 23.4 Å². The Bertz CT molecular complexity index is 1290. The van der Waals surface area contributed by atoms with Gasteiger partial charge >= 0.3 is 0 Å². The van der Waals surface area contributed by atoms with Gasteiger partial charge in [0.15, 0.2) is 0 Å². The molecule has 7 heteroatoms. The number of phenols is 1. The average molecular weight is 439 g/mol. The maximum Gasteiger partial charge on any atom is 0.250 e. The number of phenolic OH excluding ortho intramolecular Hbond substituents is 1. The summed E-state index contributed by atoms with van der Waals surface area (Å²) in [6, 6.07) is 22.5. The third kappa shape index (κ3) is 2.69. The first-order chi connectivity index (χ1) is 16.0. The first-order valence-corrected chi connectivity index (χ1v) is 10.9. The quantitative estimate of drug-likeness (QED) is 0.545. The van der Waals surface area contributed by atoms with Gasteiger partial charge in [-0.2, -0.15) is 0 Å². The summed E-state index contributed by atoms with van der Waals surface area (Å²) in [5.74, 6) is -2.41. The average Bonchev–Trinajstić information content (AvgIpc) is 3.40. The van der Waals surface area contributed by atoms with Crippen LogP contribution in [0.15, 0.2) is 78.9 Å². The second-order valence-corrected chi connectivity index (χ2v) is 8.78. The van der Waals surface area contributed by atoms with Gasteiger partial charge in [-0.25, -0.2) is 4.90 Å². The number of nitrogens with zero attached hydrogens (tertiary/aromatic N) is 1. The fourth-order valence-electron chi connectivity index (χ4n) is 5.65. The first kappa shape index (κ1) is 19.7. The Hall–Kier alpha value is -3.97. The molecule has 3 aromatic rings. The molecule has 0 saturated carbocycles. The third-order valence-corrected chi connectivity index (χ3v) is 7.03. The van der Waals surface area contributed by atoms with Crippen LogP contribution in [0.3, 0.4) is 0 Å². The van der Waals surface area contributed by atoms with Crippen molar-refractivity contribution in [1.82, 2.24) is 5.32 Å². The summed E-state index contributed by atoms with van der Waals surface area (Å²) in [6.45, 7) is 0. The standard InChI is InChI=1S/C26H21N3O4/c30-17-12-10-15(11-13-17)14-20-21-22(24(32)29(23(21)31)16-6-2-1-3-7-16)26(28-20)18-8-4-5-9-19(18)27-25(26)33/h1-13,20-22,28,30H,14H2,(H,27,33)/t20-,21+,22-,26-/m0/s1. The zero-order chi connectivity index (χ0) is 22.7. The van der Waals surface area contributed by atoms with Gasteiger partial charge in [0.05, 0.1) is 17.5 Å². The topological polar surface area (TPSA) is 98.7 Å². The van der Waals surface area contributed by atoms with E-state index in [4.69, 9.17) is 0 Å². The molecule has 6 rings (SSSR count). The Morgan fingerprint density at radius 2 is 1.55 bits per heavy atom. The van der Waals surface area contributed by atoms with Crippen molar-refractivity contribution in [3.8, 4) is 5.75 Å². The van der Waals surface area contributed by atoms with Gasteiger partial charge in [-0.1, -0.05) is 48.5 Å². The van der Waals surface area contributed by atoms with E-state index in [9.17, 15) is 19.5 Å². The Kier molecular flexibility index (Phi) is 4.19. The van der Waals surface area contributed by atoms with E-state index in [0.29, 0.717) is 23.4 Å². The van der Waals surface area contributed by atoms with Crippen molar-refractivity contribution in [3.05, 3.63) is 90.0 Å². The molecule has 7 nitrogen and oxygen atoms in total. The van der Waals surface area contributed by atoms with Crippen LogP contribution in [0.2, 0.25) is 0 Å². The fraction of sp³-hybridized carbons (Fsp3) is 0.192. The lowest BCUT2D eigenvalue weighted by Gasteiger charge is -2.29. The lowest BCUT2D eigenvalue weighted by atomic mass is 9.76. The molecule has 0 radical (unpaired) electrons. The molecular formula is C26H21N3O4. The van der Waals surface area contributed by atoms with Crippen LogP contribution in [0.1, 0.15) is 11.1 Å². The molecule has 0 bridgehead atoms. The van der Waals surface area contributed by atoms with Gasteiger partial charge in [0.2, 0.25) is 17.7 Å². The zero-order valence-corrected chi connectivity index (χ0v) is 17.6. The van der Waals surface area contributed by atoms with Gasteiger partial charge < -0.3 is 10.4 Å². The molecule has 3 aromatic carbocycles. The number of para-hydroxylation sites is 2. The molecular weight excluding hydrogens is 418 g/mol. The summed E-state index contributed by atoms with van der Waals surface area (Å²) in [5, 5.41) is 16.0. The summed E-state index contributed by atoms with van der Waals surface area (Å²) >= 11 is 0. The van der Waals surface area contributed by atoms with Gasteiger partial charge in [0, 0.05) is 17.3 Å².